The van der Waals surface area contributed by atoms with Crippen LogP contribution in [0.3, 0.4) is 0 Å². The fraction of sp³-hybridized carbons (Fsp3) is 0.500. The van der Waals surface area contributed by atoms with Crippen LogP contribution in [-0.4, -0.2) is 46.9 Å². The number of nitrogens with zero attached hydrogens (tertiary/aromatic N) is 3. The first kappa shape index (κ1) is 15.5. The highest BCUT2D eigenvalue weighted by molar-refractivity contribution is 5.94. The second-order valence-electron chi connectivity index (χ2n) is 6.17. The van der Waals surface area contributed by atoms with Gasteiger partial charge in [0.1, 0.15) is 5.65 Å². The topological polar surface area (TPSA) is 49.6 Å². The summed E-state index contributed by atoms with van der Waals surface area (Å²) in [6.07, 6.45) is 6.36. The summed E-state index contributed by atoms with van der Waals surface area (Å²) >= 11 is 0. The molecule has 1 atom stereocenters. The lowest BCUT2D eigenvalue weighted by molar-refractivity contribution is 0.0924. The van der Waals surface area contributed by atoms with Gasteiger partial charge in [-0.05, 0) is 38.6 Å². The average Bonchev–Trinajstić information content (AvgIpc) is 2.83. The standard InChI is InChI=1S/C16H24N4O/c1-12(2)9-14(11-19(3)4)18-16(21)13-5-6-15-17-7-8-20(15)10-13/h5-8,10,12,14H,9,11H2,1-4H3,(H,18,21)/t14-/m0/s1. The van der Waals surface area contributed by atoms with E-state index >= 15 is 0 Å². The molecule has 0 aromatic carbocycles. The van der Waals surface area contributed by atoms with E-state index in [0.29, 0.717) is 11.5 Å². The lowest BCUT2D eigenvalue weighted by Crippen LogP contribution is -2.42. The second kappa shape index (κ2) is 6.72. The van der Waals surface area contributed by atoms with Crippen molar-refractivity contribution in [2.75, 3.05) is 20.6 Å². The lowest BCUT2D eigenvalue weighted by Gasteiger charge is -2.24. The number of nitrogens with one attached hydrogen (secondary N) is 1. The first-order valence-electron chi connectivity index (χ1n) is 7.34. The van der Waals surface area contributed by atoms with Gasteiger partial charge in [-0.1, -0.05) is 13.8 Å². The second-order valence-corrected chi connectivity index (χ2v) is 6.17. The van der Waals surface area contributed by atoms with Gasteiger partial charge in [-0.3, -0.25) is 4.79 Å². The van der Waals surface area contributed by atoms with Crippen molar-refractivity contribution in [1.82, 2.24) is 19.6 Å². The summed E-state index contributed by atoms with van der Waals surface area (Å²) in [7, 11) is 4.05. The molecule has 2 heterocycles. The monoisotopic (exact) mass is 288 g/mol. The van der Waals surface area contributed by atoms with Gasteiger partial charge in [0.15, 0.2) is 0 Å². The van der Waals surface area contributed by atoms with Crippen LogP contribution in [0, 0.1) is 5.92 Å². The van der Waals surface area contributed by atoms with Crippen LogP contribution < -0.4 is 5.32 Å². The molecule has 1 amide bonds. The van der Waals surface area contributed by atoms with E-state index in [-0.39, 0.29) is 11.9 Å². The molecule has 21 heavy (non-hydrogen) atoms. The van der Waals surface area contributed by atoms with Crippen LogP contribution in [0.15, 0.2) is 30.7 Å². The Bertz CT molecular complexity index is 593. The van der Waals surface area contributed by atoms with E-state index < -0.39 is 0 Å². The van der Waals surface area contributed by atoms with Crippen molar-refractivity contribution >= 4 is 11.6 Å². The summed E-state index contributed by atoms with van der Waals surface area (Å²) in [5.74, 6) is 0.518. The molecule has 5 heteroatoms. The molecule has 0 spiro atoms. The highest BCUT2D eigenvalue weighted by Gasteiger charge is 2.16. The number of aromatic nitrogens is 2. The summed E-state index contributed by atoms with van der Waals surface area (Å²) in [6.45, 7) is 5.19. The molecule has 114 valence electrons. The number of carbonyl (C=O) groups is 1. The Morgan fingerprint density at radius 3 is 2.81 bits per heavy atom. The van der Waals surface area contributed by atoms with Crippen molar-refractivity contribution in [3.05, 3.63) is 36.3 Å². The number of likely N-dealkylation sites (N-methyl/N-ethyl adjacent to an activating group) is 1. The Morgan fingerprint density at radius 2 is 2.14 bits per heavy atom. The van der Waals surface area contributed by atoms with Crippen molar-refractivity contribution in [3.8, 4) is 0 Å². The number of pyridine rings is 1. The fourth-order valence-electron chi connectivity index (χ4n) is 2.51. The van der Waals surface area contributed by atoms with E-state index in [1.54, 1.807) is 6.20 Å². The third kappa shape index (κ3) is 4.29. The van der Waals surface area contributed by atoms with Gasteiger partial charge in [0, 0.05) is 31.2 Å². The summed E-state index contributed by atoms with van der Waals surface area (Å²) in [5, 5.41) is 3.14. The predicted molar refractivity (Wildman–Crippen MR) is 84.5 cm³/mol. The third-order valence-electron chi connectivity index (χ3n) is 3.33. The van der Waals surface area contributed by atoms with E-state index in [2.05, 4.69) is 29.0 Å². The van der Waals surface area contributed by atoms with Crippen molar-refractivity contribution in [3.63, 3.8) is 0 Å². The molecule has 0 aliphatic heterocycles. The van der Waals surface area contributed by atoms with E-state index in [4.69, 9.17) is 0 Å². The number of hydrogen-bond acceptors (Lipinski definition) is 3. The number of carbonyl (C=O) groups excluding carboxylic acids is 1. The molecule has 0 unspecified atom stereocenters. The molecular formula is C16H24N4O. The Morgan fingerprint density at radius 1 is 1.38 bits per heavy atom. The molecule has 2 aromatic rings. The zero-order valence-corrected chi connectivity index (χ0v) is 13.2. The minimum absolute atomic E-state index is 0.0295. The highest BCUT2D eigenvalue weighted by Crippen LogP contribution is 2.09. The first-order chi connectivity index (χ1) is 9.95. The van der Waals surface area contributed by atoms with Gasteiger partial charge in [0.2, 0.25) is 0 Å². The molecule has 5 nitrogen and oxygen atoms in total. The highest BCUT2D eigenvalue weighted by atomic mass is 16.1. The van der Waals surface area contributed by atoms with Crippen molar-refractivity contribution < 1.29 is 4.79 Å². The van der Waals surface area contributed by atoms with Crippen LogP contribution in [0.4, 0.5) is 0 Å². The Balaban J connectivity index is 2.09. The van der Waals surface area contributed by atoms with Gasteiger partial charge in [-0.2, -0.15) is 0 Å². The Hall–Kier alpha value is -1.88. The summed E-state index contributed by atoms with van der Waals surface area (Å²) in [6, 6.07) is 3.84. The van der Waals surface area contributed by atoms with Crippen LogP contribution in [0.2, 0.25) is 0 Å². The lowest BCUT2D eigenvalue weighted by atomic mass is 10.0. The normalized spacial score (nSPS) is 13.0. The molecule has 2 aromatic heterocycles. The number of amides is 1. The maximum atomic E-state index is 12.4. The minimum Gasteiger partial charge on any atom is -0.348 e. The van der Waals surface area contributed by atoms with Gasteiger partial charge in [-0.25, -0.2) is 4.98 Å². The van der Waals surface area contributed by atoms with Gasteiger partial charge >= 0.3 is 0 Å². The summed E-state index contributed by atoms with van der Waals surface area (Å²) in [5.41, 5.74) is 1.51. The van der Waals surface area contributed by atoms with Crippen LogP contribution in [0.25, 0.3) is 5.65 Å². The molecule has 0 saturated carbocycles. The zero-order valence-electron chi connectivity index (χ0n) is 13.2. The number of hydrogen-bond donors (Lipinski definition) is 1. The molecule has 0 fully saturated rings. The molecule has 0 saturated heterocycles. The van der Waals surface area contributed by atoms with E-state index in [0.717, 1.165) is 18.6 Å². The number of imidazole rings is 1. The van der Waals surface area contributed by atoms with E-state index in [1.807, 2.05) is 43.0 Å². The van der Waals surface area contributed by atoms with Gasteiger partial charge < -0.3 is 14.6 Å². The Kier molecular flexibility index (Phi) is 4.96. The van der Waals surface area contributed by atoms with Crippen LogP contribution >= 0.6 is 0 Å². The van der Waals surface area contributed by atoms with Gasteiger partial charge in [0.05, 0.1) is 5.56 Å². The molecule has 1 N–H and O–H groups in total. The molecule has 0 radical (unpaired) electrons. The average molecular weight is 288 g/mol. The molecule has 0 aliphatic carbocycles. The van der Waals surface area contributed by atoms with Gasteiger partial charge in [-0.15, -0.1) is 0 Å². The first-order valence-corrected chi connectivity index (χ1v) is 7.34. The van der Waals surface area contributed by atoms with Crippen molar-refractivity contribution in [1.29, 1.82) is 0 Å². The number of fused-ring (bicyclic) bond motifs is 1. The quantitative estimate of drug-likeness (QED) is 0.885. The predicted octanol–water partition coefficient (Wildman–Crippen LogP) is 2.04. The molecular weight excluding hydrogens is 264 g/mol. The molecule has 0 aliphatic rings. The van der Waals surface area contributed by atoms with Crippen LogP contribution in [-0.2, 0) is 0 Å². The molecule has 2 rings (SSSR count). The third-order valence-corrected chi connectivity index (χ3v) is 3.33. The van der Waals surface area contributed by atoms with E-state index in [1.165, 1.54) is 0 Å². The van der Waals surface area contributed by atoms with E-state index in [9.17, 15) is 4.79 Å². The Labute approximate surface area is 126 Å². The number of rotatable bonds is 6. The largest absolute Gasteiger partial charge is 0.348 e. The maximum Gasteiger partial charge on any atom is 0.253 e. The fourth-order valence-corrected chi connectivity index (χ4v) is 2.51. The SMILES string of the molecule is CC(C)C[C@@H](CN(C)C)NC(=O)c1ccc2nccn2c1. The summed E-state index contributed by atoms with van der Waals surface area (Å²) < 4.78 is 1.86. The zero-order chi connectivity index (χ0) is 15.4. The van der Waals surface area contributed by atoms with Crippen LogP contribution in [0.5, 0.6) is 0 Å². The van der Waals surface area contributed by atoms with Crippen molar-refractivity contribution in [2.24, 2.45) is 5.92 Å². The molecule has 0 bridgehead atoms. The summed E-state index contributed by atoms with van der Waals surface area (Å²) in [4.78, 5) is 18.7. The van der Waals surface area contributed by atoms with Crippen LogP contribution in [0.1, 0.15) is 30.6 Å². The minimum atomic E-state index is -0.0295. The smallest absolute Gasteiger partial charge is 0.253 e. The maximum absolute atomic E-state index is 12.4. The van der Waals surface area contributed by atoms with Crippen molar-refractivity contribution in [2.45, 2.75) is 26.3 Å². The van der Waals surface area contributed by atoms with Gasteiger partial charge in [0.25, 0.3) is 5.91 Å².